The number of carbonyl (C=O) groups excluding carboxylic acids is 1. The van der Waals surface area contributed by atoms with Gasteiger partial charge in [-0.2, -0.15) is 13.2 Å². The van der Waals surface area contributed by atoms with Gasteiger partial charge in [-0.1, -0.05) is 54.6 Å². The lowest BCUT2D eigenvalue weighted by Crippen LogP contribution is -2.36. The molecule has 0 saturated heterocycles. The zero-order valence-corrected chi connectivity index (χ0v) is 16.7. The summed E-state index contributed by atoms with van der Waals surface area (Å²) in [5, 5.41) is 2.57. The molecular weight excluding hydrogens is 403 g/mol. The van der Waals surface area contributed by atoms with Crippen molar-refractivity contribution < 1.29 is 18.0 Å². The van der Waals surface area contributed by atoms with Crippen molar-refractivity contribution in [1.29, 1.82) is 0 Å². The van der Waals surface area contributed by atoms with E-state index in [0.717, 1.165) is 23.4 Å². The van der Waals surface area contributed by atoms with Crippen molar-refractivity contribution in [3.63, 3.8) is 0 Å². The normalized spacial score (nSPS) is 11.5. The van der Waals surface area contributed by atoms with E-state index in [9.17, 15) is 18.0 Å². The van der Waals surface area contributed by atoms with Gasteiger partial charge in [0, 0.05) is 37.1 Å². The van der Waals surface area contributed by atoms with Gasteiger partial charge in [0.2, 0.25) is 0 Å². The molecule has 0 spiro atoms. The molecule has 0 aliphatic carbocycles. The molecule has 0 bridgehead atoms. The van der Waals surface area contributed by atoms with Crippen LogP contribution in [0.2, 0.25) is 0 Å². The summed E-state index contributed by atoms with van der Waals surface area (Å²) in [5.41, 5.74) is 1.10. The van der Waals surface area contributed by atoms with Crippen LogP contribution in [-0.2, 0) is 12.6 Å². The maximum Gasteiger partial charge on any atom is 0.416 e. The minimum atomic E-state index is -4.47. The van der Waals surface area contributed by atoms with Crippen molar-refractivity contribution in [1.82, 2.24) is 9.88 Å². The molecule has 1 N–H and O–H groups in total. The average Bonchev–Trinajstić information content (AvgIpc) is 2.77. The number of aromatic nitrogens is 1. The van der Waals surface area contributed by atoms with E-state index >= 15 is 0 Å². The fourth-order valence-corrected chi connectivity index (χ4v) is 2.93. The third-order valence-electron chi connectivity index (χ3n) is 4.53. The van der Waals surface area contributed by atoms with E-state index in [2.05, 4.69) is 10.3 Å². The Morgan fingerprint density at radius 3 is 2.48 bits per heavy atom. The lowest BCUT2D eigenvalue weighted by molar-refractivity contribution is -0.137. The molecule has 0 saturated carbocycles. The largest absolute Gasteiger partial charge is 0.416 e. The fraction of sp³-hybridized carbons (Fsp3) is 0.167. The van der Waals surface area contributed by atoms with E-state index in [1.807, 2.05) is 60.7 Å². The second-order valence-electron chi connectivity index (χ2n) is 6.84. The summed E-state index contributed by atoms with van der Waals surface area (Å²) >= 11 is 0. The van der Waals surface area contributed by atoms with Crippen molar-refractivity contribution in [2.75, 3.05) is 18.4 Å². The van der Waals surface area contributed by atoms with E-state index in [0.29, 0.717) is 19.5 Å². The van der Waals surface area contributed by atoms with Crippen LogP contribution in [0.3, 0.4) is 0 Å². The summed E-state index contributed by atoms with van der Waals surface area (Å²) in [6, 6.07) is 19.3. The highest BCUT2D eigenvalue weighted by Gasteiger charge is 2.30. The monoisotopic (exact) mass is 425 g/mol. The van der Waals surface area contributed by atoms with E-state index in [1.54, 1.807) is 6.20 Å². The number of carbonyl (C=O) groups is 1. The molecule has 4 nitrogen and oxygen atoms in total. The predicted molar refractivity (Wildman–Crippen MR) is 115 cm³/mol. The van der Waals surface area contributed by atoms with Gasteiger partial charge in [-0.15, -0.1) is 0 Å². The summed E-state index contributed by atoms with van der Waals surface area (Å²) in [4.78, 5) is 18.6. The maximum absolute atomic E-state index is 13.0. The number of hydrogen-bond acceptors (Lipinski definition) is 2. The predicted octanol–water partition coefficient (Wildman–Crippen LogP) is 5.89. The van der Waals surface area contributed by atoms with Crippen LogP contribution < -0.4 is 5.32 Å². The Labute approximate surface area is 179 Å². The van der Waals surface area contributed by atoms with Crippen LogP contribution >= 0.6 is 0 Å². The first-order chi connectivity index (χ1) is 14.9. The lowest BCUT2D eigenvalue weighted by Gasteiger charge is -2.22. The molecule has 2 aromatic carbocycles. The minimum absolute atomic E-state index is 0.0923. The van der Waals surface area contributed by atoms with Gasteiger partial charge in [-0.05, 0) is 35.9 Å². The number of hydrogen-bond donors (Lipinski definition) is 1. The number of anilines is 1. The van der Waals surface area contributed by atoms with Gasteiger partial charge in [0.15, 0.2) is 0 Å². The molecule has 0 unspecified atom stereocenters. The summed E-state index contributed by atoms with van der Waals surface area (Å²) in [6.45, 7) is 0.660. The molecule has 2 amide bonds. The van der Waals surface area contributed by atoms with Crippen LogP contribution in [0.1, 0.15) is 16.8 Å². The molecule has 0 radical (unpaired) electrons. The van der Waals surface area contributed by atoms with E-state index in [1.165, 1.54) is 17.0 Å². The van der Waals surface area contributed by atoms with Gasteiger partial charge in [0.1, 0.15) is 0 Å². The molecule has 0 fully saturated rings. The molecule has 3 rings (SSSR count). The number of rotatable bonds is 7. The van der Waals surface area contributed by atoms with Crippen LogP contribution in [0, 0.1) is 0 Å². The highest BCUT2D eigenvalue weighted by molar-refractivity contribution is 5.89. The smallest absolute Gasteiger partial charge is 0.320 e. The second kappa shape index (κ2) is 10.4. The topological polar surface area (TPSA) is 45.2 Å². The molecule has 0 aliphatic heterocycles. The molecule has 0 aliphatic rings. The van der Waals surface area contributed by atoms with Crippen molar-refractivity contribution >= 4 is 17.8 Å². The first-order valence-corrected chi connectivity index (χ1v) is 9.76. The van der Waals surface area contributed by atoms with Gasteiger partial charge in [0.05, 0.1) is 5.56 Å². The molecule has 0 atom stereocenters. The van der Waals surface area contributed by atoms with Crippen molar-refractivity contribution in [3.8, 4) is 0 Å². The Bertz CT molecular complexity index is 1010. The maximum atomic E-state index is 13.0. The summed E-state index contributed by atoms with van der Waals surface area (Å²) in [5.74, 6) is 0. The highest BCUT2D eigenvalue weighted by atomic mass is 19.4. The molecule has 31 heavy (non-hydrogen) atoms. The van der Waals surface area contributed by atoms with Crippen LogP contribution in [-0.4, -0.2) is 29.0 Å². The molecule has 7 heteroatoms. The summed E-state index contributed by atoms with van der Waals surface area (Å²) < 4.78 is 38.9. The van der Waals surface area contributed by atoms with Gasteiger partial charge < -0.3 is 10.2 Å². The Balaban J connectivity index is 1.71. The van der Waals surface area contributed by atoms with Crippen LogP contribution in [0.15, 0.2) is 85.1 Å². The van der Waals surface area contributed by atoms with Crippen LogP contribution in [0.5, 0.6) is 0 Å². The number of benzene rings is 2. The van der Waals surface area contributed by atoms with Crippen LogP contribution in [0.25, 0.3) is 6.08 Å². The van der Waals surface area contributed by atoms with E-state index in [-0.39, 0.29) is 5.69 Å². The molecule has 1 heterocycles. The Kier molecular flexibility index (Phi) is 7.43. The van der Waals surface area contributed by atoms with Crippen molar-refractivity contribution in [2.24, 2.45) is 0 Å². The van der Waals surface area contributed by atoms with E-state index < -0.39 is 17.8 Å². The highest BCUT2D eigenvalue weighted by Crippen LogP contribution is 2.30. The third kappa shape index (κ3) is 6.99. The van der Waals surface area contributed by atoms with Gasteiger partial charge in [-0.25, -0.2) is 4.79 Å². The lowest BCUT2D eigenvalue weighted by atomic mass is 10.2. The first-order valence-electron chi connectivity index (χ1n) is 9.76. The van der Waals surface area contributed by atoms with Crippen LogP contribution in [0.4, 0.5) is 23.7 Å². The number of nitrogens with one attached hydrogen (secondary N) is 1. The first kappa shape index (κ1) is 22.1. The van der Waals surface area contributed by atoms with Crippen molar-refractivity contribution in [3.05, 3.63) is 102 Å². The van der Waals surface area contributed by atoms with Gasteiger partial charge in [-0.3, -0.25) is 4.98 Å². The van der Waals surface area contributed by atoms with Gasteiger partial charge >= 0.3 is 12.2 Å². The fourth-order valence-electron chi connectivity index (χ4n) is 2.93. The third-order valence-corrected chi connectivity index (χ3v) is 4.53. The number of amides is 2. The Morgan fingerprint density at radius 2 is 1.77 bits per heavy atom. The molecule has 3 aromatic rings. The molecule has 1 aromatic heterocycles. The average molecular weight is 425 g/mol. The van der Waals surface area contributed by atoms with Gasteiger partial charge in [0.25, 0.3) is 0 Å². The summed E-state index contributed by atoms with van der Waals surface area (Å²) in [6.07, 6.45) is 1.47. The summed E-state index contributed by atoms with van der Waals surface area (Å²) in [7, 11) is 0. The standard InChI is InChI=1S/C24H22F3N3O/c25-24(26,27)20-11-6-13-22(18-20)29-23(31)30(17-14-21-12-4-5-15-28-21)16-7-10-19-8-2-1-3-9-19/h1-13,15,18H,14,16-17H2,(H,29,31)/b10-7+. The zero-order valence-electron chi connectivity index (χ0n) is 16.7. The molecular formula is C24H22F3N3O. The quantitative estimate of drug-likeness (QED) is 0.513. The molecule has 160 valence electrons. The van der Waals surface area contributed by atoms with Crippen molar-refractivity contribution in [2.45, 2.75) is 12.6 Å². The Morgan fingerprint density at radius 1 is 1.00 bits per heavy atom. The number of nitrogens with zero attached hydrogens (tertiary/aromatic N) is 2. The number of halogens is 3. The number of alkyl halides is 3. The van der Waals surface area contributed by atoms with E-state index in [4.69, 9.17) is 0 Å². The second-order valence-corrected chi connectivity index (χ2v) is 6.84. The minimum Gasteiger partial charge on any atom is -0.320 e. The SMILES string of the molecule is O=C(Nc1cccc(C(F)(F)F)c1)N(C/C=C/c1ccccc1)CCc1ccccn1. The zero-order chi connectivity index (χ0) is 22.1. The number of pyridine rings is 1. The number of urea groups is 1. The Hall–Kier alpha value is -3.61.